The van der Waals surface area contributed by atoms with Crippen molar-refractivity contribution >= 4 is 16.6 Å². The lowest BCUT2D eigenvalue weighted by Crippen LogP contribution is -1.93. The minimum atomic E-state index is -0.204. The quantitative estimate of drug-likeness (QED) is 0.678. The summed E-state index contributed by atoms with van der Waals surface area (Å²) in [4.78, 5) is 0. The Hall–Kier alpha value is -2.36. The highest BCUT2D eigenvalue weighted by molar-refractivity contribution is 5.84. The van der Waals surface area contributed by atoms with Gasteiger partial charge in [-0.3, -0.25) is 5.10 Å². The molecule has 0 fully saturated rings. The Balaban J connectivity index is 2.05. The third kappa shape index (κ3) is 1.82. The van der Waals surface area contributed by atoms with Gasteiger partial charge >= 0.3 is 0 Å². The van der Waals surface area contributed by atoms with Gasteiger partial charge in [-0.1, -0.05) is 18.2 Å². The number of H-pyrrole nitrogens is 1. The zero-order chi connectivity index (χ0) is 12.5. The number of nitrogen functional groups attached to an aromatic ring is 1. The van der Waals surface area contributed by atoms with Crippen LogP contribution in [0.2, 0.25) is 0 Å². The van der Waals surface area contributed by atoms with Gasteiger partial charge in [-0.05, 0) is 29.8 Å². The third-order valence-electron chi connectivity index (χ3n) is 2.98. The molecule has 90 valence electrons. The summed E-state index contributed by atoms with van der Waals surface area (Å²) in [6.07, 6.45) is 0.479. The SMILES string of the molecule is Nc1ccc2n[nH]c(Cc3ccccc3F)c2c1. The maximum atomic E-state index is 13.6. The summed E-state index contributed by atoms with van der Waals surface area (Å²) < 4.78 is 13.6. The first-order valence-corrected chi connectivity index (χ1v) is 5.70. The summed E-state index contributed by atoms with van der Waals surface area (Å²) in [6.45, 7) is 0. The maximum Gasteiger partial charge on any atom is 0.126 e. The number of anilines is 1. The largest absolute Gasteiger partial charge is 0.399 e. The Bertz CT molecular complexity index is 703. The Morgan fingerprint density at radius 1 is 1.17 bits per heavy atom. The highest BCUT2D eigenvalue weighted by atomic mass is 19.1. The van der Waals surface area contributed by atoms with E-state index < -0.39 is 0 Å². The molecule has 0 aliphatic heterocycles. The average Bonchev–Trinajstić information content (AvgIpc) is 2.75. The molecule has 0 atom stereocenters. The number of aromatic nitrogens is 2. The number of halogens is 1. The number of nitrogens with one attached hydrogen (secondary N) is 1. The van der Waals surface area contributed by atoms with Crippen LogP contribution in [0.1, 0.15) is 11.3 Å². The zero-order valence-electron chi connectivity index (χ0n) is 9.65. The zero-order valence-corrected chi connectivity index (χ0v) is 9.65. The fourth-order valence-electron chi connectivity index (χ4n) is 2.05. The maximum absolute atomic E-state index is 13.6. The second-order valence-electron chi connectivity index (χ2n) is 4.25. The third-order valence-corrected chi connectivity index (χ3v) is 2.98. The topological polar surface area (TPSA) is 54.7 Å². The van der Waals surface area contributed by atoms with Crippen LogP contribution in [0, 0.1) is 5.82 Å². The molecule has 0 bridgehead atoms. The summed E-state index contributed by atoms with van der Waals surface area (Å²) in [6, 6.07) is 12.3. The lowest BCUT2D eigenvalue weighted by Gasteiger charge is -2.01. The molecule has 0 unspecified atom stereocenters. The molecule has 2 aromatic carbocycles. The van der Waals surface area contributed by atoms with E-state index in [4.69, 9.17) is 5.73 Å². The van der Waals surface area contributed by atoms with Crippen molar-refractivity contribution in [1.29, 1.82) is 0 Å². The number of hydrogen-bond donors (Lipinski definition) is 2. The lowest BCUT2D eigenvalue weighted by molar-refractivity contribution is 0.613. The molecule has 0 aliphatic rings. The molecule has 0 amide bonds. The van der Waals surface area contributed by atoms with Crippen molar-refractivity contribution < 1.29 is 4.39 Å². The fourth-order valence-corrected chi connectivity index (χ4v) is 2.05. The molecule has 4 heteroatoms. The number of fused-ring (bicyclic) bond motifs is 1. The van der Waals surface area contributed by atoms with Crippen LogP contribution < -0.4 is 5.73 Å². The number of benzene rings is 2. The van der Waals surface area contributed by atoms with E-state index in [9.17, 15) is 4.39 Å². The summed E-state index contributed by atoms with van der Waals surface area (Å²) in [5.74, 6) is -0.204. The van der Waals surface area contributed by atoms with Crippen molar-refractivity contribution in [3.05, 3.63) is 59.5 Å². The second kappa shape index (κ2) is 4.14. The Morgan fingerprint density at radius 2 is 2.00 bits per heavy atom. The molecule has 18 heavy (non-hydrogen) atoms. The van der Waals surface area contributed by atoms with E-state index in [1.165, 1.54) is 6.07 Å². The smallest absolute Gasteiger partial charge is 0.126 e. The van der Waals surface area contributed by atoms with E-state index in [1.807, 2.05) is 18.2 Å². The van der Waals surface area contributed by atoms with Gasteiger partial charge in [-0.2, -0.15) is 5.10 Å². The molecule has 3 N–H and O–H groups in total. The predicted molar refractivity (Wildman–Crippen MR) is 69.7 cm³/mol. The molecular formula is C14H12FN3. The number of nitrogens with two attached hydrogens (primary N) is 1. The van der Waals surface area contributed by atoms with Gasteiger partial charge in [0.2, 0.25) is 0 Å². The molecule has 1 heterocycles. The van der Waals surface area contributed by atoms with Crippen LogP contribution in [0.5, 0.6) is 0 Å². The average molecular weight is 241 g/mol. The van der Waals surface area contributed by atoms with Gasteiger partial charge in [0, 0.05) is 23.2 Å². The highest BCUT2D eigenvalue weighted by Gasteiger charge is 2.08. The van der Waals surface area contributed by atoms with Crippen molar-refractivity contribution in [2.45, 2.75) is 6.42 Å². The summed E-state index contributed by atoms with van der Waals surface area (Å²) >= 11 is 0. The predicted octanol–water partition coefficient (Wildman–Crippen LogP) is 2.88. The fraction of sp³-hybridized carbons (Fsp3) is 0.0714. The molecule has 0 aliphatic carbocycles. The normalized spacial score (nSPS) is 10.9. The van der Waals surface area contributed by atoms with Crippen LogP contribution in [0.4, 0.5) is 10.1 Å². The molecule has 0 radical (unpaired) electrons. The summed E-state index contributed by atoms with van der Waals surface area (Å²) in [5, 5.41) is 8.07. The Kier molecular flexibility index (Phi) is 2.48. The number of aromatic amines is 1. The first kappa shape index (κ1) is 10.8. The Morgan fingerprint density at radius 3 is 2.83 bits per heavy atom. The van der Waals surface area contributed by atoms with Crippen molar-refractivity contribution in [1.82, 2.24) is 10.2 Å². The van der Waals surface area contributed by atoms with E-state index in [0.717, 1.165) is 16.6 Å². The molecule has 0 spiro atoms. The van der Waals surface area contributed by atoms with E-state index >= 15 is 0 Å². The van der Waals surface area contributed by atoms with Crippen LogP contribution in [0.15, 0.2) is 42.5 Å². The van der Waals surface area contributed by atoms with Crippen molar-refractivity contribution in [3.63, 3.8) is 0 Å². The van der Waals surface area contributed by atoms with Crippen LogP contribution in [-0.4, -0.2) is 10.2 Å². The van der Waals surface area contributed by atoms with Crippen molar-refractivity contribution in [3.8, 4) is 0 Å². The van der Waals surface area contributed by atoms with Crippen LogP contribution >= 0.6 is 0 Å². The van der Waals surface area contributed by atoms with Crippen molar-refractivity contribution in [2.24, 2.45) is 0 Å². The van der Waals surface area contributed by atoms with Gasteiger partial charge < -0.3 is 5.73 Å². The lowest BCUT2D eigenvalue weighted by atomic mass is 10.1. The molecule has 1 aromatic heterocycles. The first-order chi connectivity index (χ1) is 8.74. The van der Waals surface area contributed by atoms with Gasteiger partial charge in [-0.25, -0.2) is 4.39 Å². The van der Waals surface area contributed by atoms with Gasteiger partial charge in [0.1, 0.15) is 5.82 Å². The van der Waals surface area contributed by atoms with Gasteiger partial charge in [-0.15, -0.1) is 0 Å². The van der Waals surface area contributed by atoms with Gasteiger partial charge in [0.25, 0.3) is 0 Å². The molecule has 3 rings (SSSR count). The van der Waals surface area contributed by atoms with E-state index in [2.05, 4.69) is 10.2 Å². The Labute approximate surface area is 103 Å². The number of hydrogen-bond acceptors (Lipinski definition) is 2. The second-order valence-corrected chi connectivity index (χ2v) is 4.25. The molecule has 0 saturated carbocycles. The minimum Gasteiger partial charge on any atom is -0.399 e. The van der Waals surface area contributed by atoms with Gasteiger partial charge in [0.15, 0.2) is 0 Å². The van der Waals surface area contributed by atoms with E-state index in [0.29, 0.717) is 17.7 Å². The van der Waals surface area contributed by atoms with Crippen LogP contribution in [0.3, 0.4) is 0 Å². The first-order valence-electron chi connectivity index (χ1n) is 5.70. The number of rotatable bonds is 2. The summed E-state index contributed by atoms with van der Waals surface area (Å²) in [7, 11) is 0. The highest BCUT2D eigenvalue weighted by Crippen LogP contribution is 2.22. The molecule has 3 nitrogen and oxygen atoms in total. The van der Waals surface area contributed by atoms with Crippen LogP contribution in [0.25, 0.3) is 10.9 Å². The van der Waals surface area contributed by atoms with Gasteiger partial charge in [0.05, 0.1) is 5.52 Å². The van der Waals surface area contributed by atoms with Crippen LogP contribution in [-0.2, 0) is 6.42 Å². The standard InChI is InChI=1S/C14H12FN3/c15-12-4-2-1-3-9(12)7-14-11-8-10(16)5-6-13(11)17-18-14/h1-6,8H,7,16H2,(H,17,18). The minimum absolute atomic E-state index is 0.204. The molecule has 0 saturated heterocycles. The van der Waals surface area contributed by atoms with Crippen molar-refractivity contribution in [2.75, 3.05) is 5.73 Å². The molecular weight excluding hydrogens is 229 g/mol. The van der Waals surface area contributed by atoms with E-state index in [-0.39, 0.29) is 5.82 Å². The molecule has 3 aromatic rings. The number of nitrogens with zero attached hydrogens (tertiary/aromatic N) is 1. The monoisotopic (exact) mass is 241 g/mol. The van der Waals surface area contributed by atoms with E-state index in [1.54, 1.807) is 18.2 Å². The summed E-state index contributed by atoms with van der Waals surface area (Å²) in [5.41, 5.74) is 8.80.